The minimum Gasteiger partial charge on any atom is -0.392 e. The van der Waals surface area contributed by atoms with Crippen molar-refractivity contribution in [3.05, 3.63) is 33.4 Å². The average Bonchev–Trinajstić information content (AvgIpc) is 2.52. The number of nitrogens with one attached hydrogen (secondary N) is 2. The Kier molecular flexibility index (Phi) is 5.43. The number of urea groups is 1. The zero-order chi connectivity index (χ0) is 17.9. The molecule has 0 heterocycles. The van der Waals surface area contributed by atoms with Crippen LogP contribution in [0.25, 0.3) is 0 Å². The van der Waals surface area contributed by atoms with E-state index >= 15 is 0 Å². The quantitative estimate of drug-likeness (QED) is 0.580. The smallest absolute Gasteiger partial charge is 0.319 e. The summed E-state index contributed by atoms with van der Waals surface area (Å²) in [6, 6.07) is 2.64. The molecule has 1 aromatic carbocycles. The Morgan fingerprint density at radius 2 is 2.12 bits per heavy atom. The summed E-state index contributed by atoms with van der Waals surface area (Å²) in [7, 11) is 0. The third kappa shape index (κ3) is 3.84. The maximum absolute atomic E-state index is 12.2. The van der Waals surface area contributed by atoms with Crippen LogP contribution in [0, 0.1) is 29.4 Å². The molecule has 0 saturated heterocycles. The number of hydrogen-bond acceptors (Lipinski definition) is 4. The highest BCUT2D eigenvalue weighted by molar-refractivity contribution is 5.91. The van der Waals surface area contributed by atoms with Crippen LogP contribution >= 0.6 is 0 Å². The maximum atomic E-state index is 12.2. The van der Waals surface area contributed by atoms with E-state index in [0.29, 0.717) is 17.8 Å². The van der Waals surface area contributed by atoms with Gasteiger partial charge < -0.3 is 15.7 Å². The van der Waals surface area contributed by atoms with Gasteiger partial charge in [-0.2, -0.15) is 0 Å². The predicted molar refractivity (Wildman–Crippen MR) is 92.2 cm³/mol. The molecule has 1 aliphatic rings. The monoisotopic (exact) mass is 335 g/mol. The first-order valence-corrected chi connectivity index (χ1v) is 8.22. The van der Waals surface area contributed by atoms with Gasteiger partial charge in [0.2, 0.25) is 0 Å². The van der Waals surface area contributed by atoms with Crippen molar-refractivity contribution in [2.45, 2.75) is 52.6 Å². The van der Waals surface area contributed by atoms with Crippen molar-refractivity contribution in [1.29, 1.82) is 0 Å². The highest BCUT2D eigenvalue weighted by atomic mass is 16.6. The van der Waals surface area contributed by atoms with E-state index in [2.05, 4.69) is 10.6 Å². The second-order valence-electron chi connectivity index (χ2n) is 6.88. The molecule has 0 bridgehead atoms. The molecule has 1 aliphatic carbocycles. The summed E-state index contributed by atoms with van der Waals surface area (Å²) in [4.78, 5) is 22.8. The standard InChI is InChI=1S/C17H25N3O4/c1-11-7-8-13(20(23)24)12(2)15(11)19-16(22)18-10-17(3)9-5-4-6-14(17)21/h7-8,14,21H,4-6,9-10H2,1-3H3,(H2,18,19,22). The van der Waals surface area contributed by atoms with E-state index in [0.717, 1.165) is 31.2 Å². The number of nitrogens with zero attached hydrogens (tertiary/aromatic N) is 1. The van der Waals surface area contributed by atoms with E-state index in [-0.39, 0.29) is 11.1 Å². The molecule has 2 unspecified atom stereocenters. The van der Waals surface area contributed by atoms with Gasteiger partial charge in [-0.1, -0.05) is 25.8 Å². The van der Waals surface area contributed by atoms with Crippen molar-refractivity contribution in [1.82, 2.24) is 5.32 Å². The Bertz CT molecular complexity index is 647. The van der Waals surface area contributed by atoms with Crippen LogP contribution in [0.3, 0.4) is 0 Å². The van der Waals surface area contributed by atoms with Crippen LogP contribution in [0.4, 0.5) is 16.2 Å². The van der Waals surface area contributed by atoms with Crippen LogP contribution in [-0.4, -0.2) is 28.7 Å². The van der Waals surface area contributed by atoms with Gasteiger partial charge >= 0.3 is 6.03 Å². The molecule has 7 heteroatoms. The van der Waals surface area contributed by atoms with Crippen molar-refractivity contribution in [2.24, 2.45) is 5.41 Å². The molecular weight excluding hydrogens is 310 g/mol. The Morgan fingerprint density at radius 3 is 2.75 bits per heavy atom. The van der Waals surface area contributed by atoms with E-state index in [1.54, 1.807) is 19.9 Å². The van der Waals surface area contributed by atoms with Gasteiger partial charge in [-0.05, 0) is 32.3 Å². The molecule has 1 fully saturated rings. The number of nitro groups is 1. The van der Waals surface area contributed by atoms with Gasteiger partial charge in [0.05, 0.1) is 22.3 Å². The Hall–Kier alpha value is -2.15. The van der Waals surface area contributed by atoms with Crippen molar-refractivity contribution in [3.63, 3.8) is 0 Å². The summed E-state index contributed by atoms with van der Waals surface area (Å²) in [5.74, 6) is 0. The van der Waals surface area contributed by atoms with E-state index in [4.69, 9.17) is 0 Å². The lowest BCUT2D eigenvalue weighted by Gasteiger charge is -2.38. The molecule has 1 saturated carbocycles. The van der Waals surface area contributed by atoms with Gasteiger partial charge in [0.1, 0.15) is 0 Å². The lowest BCUT2D eigenvalue weighted by atomic mass is 9.73. The number of nitro benzene ring substituents is 1. The fraction of sp³-hybridized carbons (Fsp3) is 0.588. The number of aliphatic hydroxyl groups excluding tert-OH is 1. The van der Waals surface area contributed by atoms with E-state index < -0.39 is 17.1 Å². The molecule has 3 N–H and O–H groups in total. The number of aliphatic hydroxyl groups is 1. The summed E-state index contributed by atoms with van der Waals surface area (Å²) < 4.78 is 0. The molecule has 1 aromatic rings. The number of amides is 2. The fourth-order valence-electron chi connectivity index (χ4n) is 3.25. The van der Waals surface area contributed by atoms with Gasteiger partial charge in [-0.15, -0.1) is 0 Å². The van der Waals surface area contributed by atoms with Crippen LogP contribution in [0.15, 0.2) is 12.1 Å². The molecule has 132 valence electrons. The van der Waals surface area contributed by atoms with Gasteiger partial charge in [0.15, 0.2) is 0 Å². The summed E-state index contributed by atoms with van der Waals surface area (Å²) >= 11 is 0. The van der Waals surface area contributed by atoms with Crippen LogP contribution in [0.2, 0.25) is 0 Å². The molecule has 0 aromatic heterocycles. The molecule has 2 amide bonds. The molecule has 0 spiro atoms. The normalized spacial score (nSPS) is 23.6. The fourth-order valence-corrected chi connectivity index (χ4v) is 3.25. The third-order valence-electron chi connectivity index (χ3n) is 5.01. The molecule has 7 nitrogen and oxygen atoms in total. The SMILES string of the molecule is Cc1ccc([N+](=O)[O-])c(C)c1NC(=O)NCC1(C)CCCCC1O. The van der Waals surface area contributed by atoms with Crippen LogP contribution < -0.4 is 10.6 Å². The summed E-state index contributed by atoms with van der Waals surface area (Å²) in [5.41, 5.74) is 1.29. The Labute approximate surface area is 141 Å². The third-order valence-corrected chi connectivity index (χ3v) is 5.01. The highest BCUT2D eigenvalue weighted by Crippen LogP contribution is 2.35. The second kappa shape index (κ2) is 7.17. The van der Waals surface area contributed by atoms with Crippen molar-refractivity contribution in [3.8, 4) is 0 Å². The van der Waals surface area contributed by atoms with Crippen molar-refractivity contribution < 1.29 is 14.8 Å². The molecular formula is C17H25N3O4. The van der Waals surface area contributed by atoms with E-state index in [1.807, 2.05) is 6.92 Å². The van der Waals surface area contributed by atoms with Gasteiger partial charge in [0.25, 0.3) is 5.69 Å². The zero-order valence-electron chi connectivity index (χ0n) is 14.4. The maximum Gasteiger partial charge on any atom is 0.319 e. The zero-order valence-corrected chi connectivity index (χ0v) is 14.4. The van der Waals surface area contributed by atoms with Crippen LogP contribution in [0.5, 0.6) is 0 Å². The summed E-state index contributed by atoms with van der Waals surface area (Å²) in [6.07, 6.45) is 3.24. The highest BCUT2D eigenvalue weighted by Gasteiger charge is 2.35. The first-order valence-electron chi connectivity index (χ1n) is 8.22. The summed E-state index contributed by atoms with van der Waals surface area (Å²) in [6.45, 7) is 5.75. The lowest BCUT2D eigenvalue weighted by molar-refractivity contribution is -0.385. The van der Waals surface area contributed by atoms with Crippen LogP contribution in [0.1, 0.15) is 43.7 Å². The number of aryl methyl sites for hydroxylation is 1. The molecule has 2 atom stereocenters. The van der Waals surface area contributed by atoms with Crippen molar-refractivity contribution in [2.75, 3.05) is 11.9 Å². The minimum absolute atomic E-state index is 0.0226. The van der Waals surface area contributed by atoms with Crippen LogP contribution in [-0.2, 0) is 0 Å². The number of anilines is 1. The molecule has 0 aliphatic heterocycles. The number of hydrogen-bond donors (Lipinski definition) is 3. The predicted octanol–water partition coefficient (Wildman–Crippen LogP) is 3.27. The lowest BCUT2D eigenvalue weighted by Crippen LogP contribution is -2.46. The molecule has 2 rings (SSSR count). The van der Waals surface area contributed by atoms with Gasteiger partial charge in [-0.25, -0.2) is 4.79 Å². The molecule has 0 radical (unpaired) electrons. The Morgan fingerprint density at radius 1 is 1.42 bits per heavy atom. The Balaban J connectivity index is 2.05. The second-order valence-corrected chi connectivity index (χ2v) is 6.88. The largest absolute Gasteiger partial charge is 0.392 e. The number of benzene rings is 1. The minimum atomic E-state index is -0.461. The number of carbonyl (C=O) groups is 1. The molecule has 24 heavy (non-hydrogen) atoms. The topological polar surface area (TPSA) is 105 Å². The number of rotatable bonds is 4. The van der Waals surface area contributed by atoms with Gasteiger partial charge in [0, 0.05) is 18.0 Å². The van der Waals surface area contributed by atoms with E-state index in [1.165, 1.54) is 6.07 Å². The number of carbonyl (C=O) groups excluding carboxylic acids is 1. The van der Waals surface area contributed by atoms with E-state index in [9.17, 15) is 20.0 Å². The first-order chi connectivity index (χ1) is 11.2. The van der Waals surface area contributed by atoms with Gasteiger partial charge in [-0.3, -0.25) is 10.1 Å². The van der Waals surface area contributed by atoms with Crippen molar-refractivity contribution >= 4 is 17.4 Å². The average molecular weight is 335 g/mol. The first kappa shape index (κ1) is 18.2. The summed E-state index contributed by atoms with van der Waals surface area (Å²) in [5, 5.41) is 26.7.